The van der Waals surface area contributed by atoms with Gasteiger partial charge in [0.1, 0.15) is 11.4 Å². The molecule has 2 aromatic carbocycles. The maximum atomic E-state index is 10.8. The molecule has 0 radical (unpaired) electrons. The molecule has 0 aliphatic rings. The van der Waals surface area contributed by atoms with E-state index in [1.165, 1.54) is 24.3 Å². The van der Waals surface area contributed by atoms with Gasteiger partial charge in [0.15, 0.2) is 0 Å². The smallest absolute Gasteiger partial charge is 0.269 e. The minimum Gasteiger partial charge on any atom is -0.494 e. The van der Waals surface area contributed by atoms with Gasteiger partial charge in [-0.25, -0.2) is 0 Å². The lowest BCUT2D eigenvalue weighted by atomic mass is 10.2. The molecule has 0 aromatic heterocycles. The van der Waals surface area contributed by atoms with Crippen LogP contribution in [0.25, 0.3) is 0 Å². The Hall–Kier alpha value is -3.12. The summed E-state index contributed by atoms with van der Waals surface area (Å²) >= 11 is 0. The fourth-order valence-corrected chi connectivity index (χ4v) is 2.91. The summed E-state index contributed by atoms with van der Waals surface area (Å²) in [5, 5.41) is 19.2. The van der Waals surface area contributed by atoms with Crippen molar-refractivity contribution in [3.63, 3.8) is 0 Å². The van der Waals surface area contributed by atoms with E-state index in [1.807, 2.05) is 18.2 Å². The SMILES string of the molecule is COCCOCCN(CCOCCOC)c1ccc(N=Nc2ccc([N+](=O)[O-])cc2)c(OC)c1. The van der Waals surface area contributed by atoms with Gasteiger partial charge in [-0.1, -0.05) is 0 Å². The van der Waals surface area contributed by atoms with Crippen LogP contribution in [0.4, 0.5) is 22.7 Å². The van der Waals surface area contributed by atoms with Gasteiger partial charge < -0.3 is 28.6 Å². The first-order valence-corrected chi connectivity index (χ1v) is 10.8. The van der Waals surface area contributed by atoms with Crippen molar-refractivity contribution in [2.75, 3.05) is 79.0 Å². The van der Waals surface area contributed by atoms with E-state index in [-0.39, 0.29) is 5.69 Å². The van der Waals surface area contributed by atoms with Gasteiger partial charge in [-0.05, 0) is 24.3 Å². The van der Waals surface area contributed by atoms with Gasteiger partial charge in [0, 0.05) is 51.2 Å². The monoisotopic (exact) mass is 476 g/mol. The molecule has 11 heteroatoms. The van der Waals surface area contributed by atoms with E-state index in [0.717, 1.165) is 5.69 Å². The molecule has 0 heterocycles. The normalized spacial score (nSPS) is 11.1. The molecule has 0 atom stereocenters. The van der Waals surface area contributed by atoms with E-state index >= 15 is 0 Å². The molecule has 34 heavy (non-hydrogen) atoms. The minimum atomic E-state index is -0.459. The summed E-state index contributed by atoms with van der Waals surface area (Å²) in [6.45, 7) is 4.52. The fraction of sp³-hybridized carbons (Fsp3) is 0.478. The van der Waals surface area contributed by atoms with Crippen LogP contribution in [0, 0.1) is 10.1 Å². The number of hydrogen-bond acceptors (Lipinski definition) is 10. The average Bonchev–Trinajstić information content (AvgIpc) is 2.86. The molecule has 0 N–H and O–H groups in total. The third-order valence-electron chi connectivity index (χ3n) is 4.74. The molecule has 0 bridgehead atoms. The zero-order valence-electron chi connectivity index (χ0n) is 19.8. The van der Waals surface area contributed by atoms with Gasteiger partial charge in [-0.2, -0.15) is 5.11 Å². The van der Waals surface area contributed by atoms with E-state index in [1.54, 1.807) is 21.3 Å². The second kappa shape index (κ2) is 15.7. The first-order valence-electron chi connectivity index (χ1n) is 10.8. The van der Waals surface area contributed by atoms with Crippen molar-refractivity contribution in [2.45, 2.75) is 0 Å². The van der Waals surface area contributed by atoms with Gasteiger partial charge in [0.05, 0.1) is 57.4 Å². The molecule has 0 spiro atoms. The number of azo groups is 1. The molecule has 0 aliphatic carbocycles. The number of non-ortho nitro benzene ring substituents is 1. The fourth-order valence-electron chi connectivity index (χ4n) is 2.91. The molecule has 2 rings (SSSR count). The highest BCUT2D eigenvalue weighted by atomic mass is 16.6. The predicted molar refractivity (Wildman–Crippen MR) is 128 cm³/mol. The Kier molecular flexibility index (Phi) is 12.5. The summed E-state index contributed by atoms with van der Waals surface area (Å²) in [4.78, 5) is 12.5. The number of rotatable bonds is 17. The largest absolute Gasteiger partial charge is 0.494 e. The first kappa shape index (κ1) is 27.1. The van der Waals surface area contributed by atoms with Crippen molar-refractivity contribution >= 4 is 22.7 Å². The number of nitro groups is 1. The summed E-state index contributed by atoms with van der Waals surface area (Å²) < 4.78 is 26.8. The second-order valence-electron chi connectivity index (χ2n) is 7.03. The molecule has 0 saturated heterocycles. The van der Waals surface area contributed by atoms with Crippen LogP contribution in [0.3, 0.4) is 0 Å². The van der Waals surface area contributed by atoms with Crippen molar-refractivity contribution < 1.29 is 28.6 Å². The molecule has 0 fully saturated rings. The van der Waals surface area contributed by atoms with Gasteiger partial charge in [0.25, 0.3) is 5.69 Å². The number of anilines is 1. The van der Waals surface area contributed by atoms with Crippen molar-refractivity contribution in [3.8, 4) is 5.75 Å². The molecule has 186 valence electrons. The Balaban J connectivity index is 2.09. The standard InChI is InChI=1S/C23H32N4O7/c1-30-14-16-33-12-10-26(11-13-34-17-15-31-2)21-8-9-22(23(18-21)32-3)25-24-19-4-6-20(7-5-19)27(28)29/h4-9,18H,10-17H2,1-3H3. The molecule has 0 unspecified atom stereocenters. The highest BCUT2D eigenvalue weighted by Gasteiger charge is 2.11. The average molecular weight is 477 g/mol. The molecule has 2 aromatic rings. The lowest BCUT2D eigenvalue weighted by Gasteiger charge is -2.25. The number of nitrogens with zero attached hydrogens (tertiary/aromatic N) is 4. The third kappa shape index (κ3) is 9.40. The van der Waals surface area contributed by atoms with Crippen molar-refractivity contribution in [2.24, 2.45) is 10.2 Å². The molecule has 0 aliphatic heterocycles. The van der Waals surface area contributed by atoms with E-state index < -0.39 is 4.92 Å². The summed E-state index contributed by atoms with van der Waals surface area (Å²) in [7, 11) is 4.84. The second-order valence-corrected chi connectivity index (χ2v) is 7.03. The Bertz CT molecular complexity index is 879. The molecule has 0 amide bonds. The van der Waals surface area contributed by atoms with Crippen LogP contribution in [0.2, 0.25) is 0 Å². The zero-order chi connectivity index (χ0) is 24.6. The molecular formula is C23H32N4O7. The van der Waals surface area contributed by atoms with E-state index in [9.17, 15) is 10.1 Å². The number of methoxy groups -OCH3 is 3. The van der Waals surface area contributed by atoms with Crippen molar-refractivity contribution in [1.29, 1.82) is 0 Å². The lowest BCUT2D eigenvalue weighted by Crippen LogP contribution is -2.31. The minimum absolute atomic E-state index is 0.00151. The summed E-state index contributed by atoms with van der Waals surface area (Å²) in [6, 6.07) is 11.5. The topological polar surface area (TPSA) is 117 Å². The van der Waals surface area contributed by atoms with Crippen LogP contribution in [-0.2, 0) is 18.9 Å². The number of ether oxygens (including phenoxy) is 5. The van der Waals surface area contributed by atoms with Gasteiger partial charge in [-0.15, -0.1) is 5.11 Å². The van der Waals surface area contributed by atoms with Crippen LogP contribution in [-0.4, -0.2) is 79.0 Å². The maximum absolute atomic E-state index is 10.8. The van der Waals surface area contributed by atoms with E-state index in [2.05, 4.69) is 15.1 Å². The quantitative estimate of drug-likeness (QED) is 0.145. The maximum Gasteiger partial charge on any atom is 0.269 e. The van der Waals surface area contributed by atoms with Crippen LogP contribution in [0.15, 0.2) is 52.7 Å². The lowest BCUT2D eigenvalue weighted by molar-refractivity contribution is -0.384. The Morgan fingerprint density at radius 1 is 0.824 bits per heavy atom. The number of nitro benzene ring substituents is 1. The van der Waals surface area contributed by atoms with Crippen molar-refractivity contribution in [1.82, 2.24) is 0 Å². The molecule has 0 saturated carbocycles. The van der Waals surface area contributed by atoms with Crippen LogP contribution in [0.5, 0.6) is 5.75 Å². The van der Waals surface area contributed by atoms with Gasteiger partial charge >= 0.3 is 0 Å². The number of benzene rings is 2. The van der Waals surface area contributed by atoms with Gasteiger partial charge in [-0.3, -0.25) is 10.1 Å². The molecule has 11 nitrogen and oxygen atoms in total. The highest BCUT2D eigenvalue weighted by molar-refractivity contribution is 5.62. The Labute approximate surface area is 199 Å². The van der Waals surface area contributed by atoms with E-state index in [0.29, 0.717) is 69.9 Å². The summed E-state index contributed by atoms with van der Waals surface area (Å²) in [5.74, 6) is 0.550. The first-order chi connectivity index (χ1) is 16.6. The van der Waals surface area contributed by atoms with Crippen LogP contribution in [0.1, 0.15) is 0 Å². The van der Waals surface area contributed by atoms with Gasteiger partial charge in [0.2, 0.25) is 0 Å². The van der Waals surface area contributed by atoms with Crippen LogP contribution >= 0.6 is 0 Å². The van der Waals surface area contributed by atoms with Crippen LogP contribution < -0.4 is 9.64 Å². The zero-order valence-corrected chi connectivity index (χ0v) is 19.8. The molecular weight excluding hydrogens is 444 g/mol. The summed E-state index contributed by atoms with van der Waals surface area (Å²) in [5.41, 5.74) is 1.97. The summed E-state index contributed by atoms with van der Waals surface area (Å²) in [6.07, 6.45) is 0. The third-order valence-corrected chi connectivity index (χ3v) is 4.74. The van der Waals surface area contributed by atoms with Crippen molar-refractivity contribution in [3.05, 3.63) is 52.6 Å². The highest BCUT2D eigenvalue weighted by Crippen LogP contribution is 2.33. The van der Waals surface area contributed by atoms with E-state index in [4.69, 9.17) is 23.7 Å². The predicted octanol–water partition coefficient (Wildman–Crippen LogP) is 4.15. The Morgan fingerprint density at radius 3 is 1.97 bits per heavy atom. The number of hydrogen-bond donors (Lipinski definition) is 0. The Morgan fingerprint density at radius 2 is 1.44 bits per heavy atom.